The number of H-pyrrole nitrogens is 1. The molecule has 0 bridgehead atoms. The van der Waals surface area contributed by atoms with E-state index in [1.807, 2.05) is 13.8 Å². The zero-order valence-electron chi connectivity index (χ0n) is 6.66. The van der Waals surface area contributed by atoms with Crippen LogP contribution in [0.15, 0.2) is 17.6 Å². The lowest BCUT2D eigenvalue weighted by Crippen LogP contribution is -2.19. The van der Waals surface area contributed by atoms with E-state index in [0.29, 0.717) is 0 Å². The number of aromatic amines is 1. The molecule has 1 aromatic heterocycles. The van der Waals surface area contributed by atoms with Crippen LogP contribution in [0, 0.1) is 0 Å². The van der Waals surface area contributed by atoms with E-state index in [0.717, 1.165) is 5.16 Å². The Bertz CT molecular complexity index is 208. The normalized spacial score (nSPS) is 11.9. The first kappa shape index (κ1) is 8.62. The standard InChI is InChI=1S/C7H12N2OS/c1-7(2,5-10)11-6-8-3-4-9-6/h3-4,10H,5H2,1-2H3,(H,8,9). The van der Waals surface area contributed by atoms with Crippen molar-refractivity contribution in [3.05, 3.63) is 12.4 Å². The number of thioether (sulfide) groups is 1. The fraction of sp³-hybridized carbons (Fsp3) is 0.571. The number of rotatable bonds is 3. The van der Waals surface area contributed by atoms with Gasteiger partial charge in [0.25, 0.3) is 0 Å². The highest BCUT2D eigenvalue weighted by atomic mass is 32.2. The molecule has 0 amide bonds. The molecule has 0 aliphatic carbocycles. The van der Waals surface area contributed by atoms with Crippen molar-refractivity contribution in [1.82, 2.24) is 9.97 Å². The molecule has 1 rings (SSSR count). The highest BCUT2D eigenvalue weighted by Crippen LogP contribution is 2.28. The van der Waals surface area contributed by atoms with Crippen LogP contribution in [0.25, 0.3) is 0 Å². The van der Waals surface area contributed by atoms with Crippen molar-refractivity contribution in [2.45, 2.75) is 23.8 Å². The van der Waals surface area contributed by atoms with Gasteiger partial charge in [-0.15, -0.1) is 0 Å². The number of hydrogen-bond donors (Lipinski definition) is 2. The Balaban J connectivity index is 2.56. The van der Waals surface area contributed by atoms with Crippen molar-refractivity contribution < 1.29 is 5.11 Å². The number of nitrogens with zero attached hydrogens (tertiary/aromatic N) is 1. The second kappa shape index (κ2) is 3.28. The van der Waals surface area contributed by atoms with Gasteiger partial charge in [-0.1, -0.05) is 11.8 Å². The van der Waals surface area contributed by atoms with E-state index in [9.17, 15) is 0 Å². The predicted molar refractivity (Wildman–Crippen MR) is 45.6 cm³/mol. The Morgan fingerprint density at radius 2 is 2.45 bits per heavy atom. The van der Waals surface area contributed by atoms with Gasteiger partial charge in [-0.2, -0.15) is 0 Å². The Hall–Kier alpha value is -0.480. The number of aliphatic hydroxyl groups excluding tert-OH is 1. The molecular weight excluding hydrogens is 160 g/mol. The third-order valence-electron chi connectivity index (χ3n) is 1.23. The molecule has 62 valence electrons. The molecule has 4 heteroatoms. The third kappa shape index (κ3) is 2.55. The maximum Gasteiger partial charge on any atom is 0.165 e. The Morgan fingerprint density at radius 3 is 2.91 bits per heavy atom. The van der Waals surface area contributed by atoms with Crippen LogP contribution >= 0.6 is 11.8 Å². The summed E-state index contributed by atoms with van der Waals surface area (Å²) in [5.41, 5.74) is 0. The van der Waals surface area contributed by atoms with E-state index in [4.69, 9.17) is 5.11 Å². The van der Waals surface area contributed by atoms with Crippen molar-refractivity contribution in [2.75, 3.05) is 6.61 Å². The van der Waals surface area contributed by atoms with Gasteiger partial charge in [0.1, 0.15) is 0 Å². The van der Waals surface area contributed by atoms with Crippen molar-refractivity contribution in [3.8, 4) is 0 Å². The fourth-order valence-electron chi connectivity index (χ4n) is 0.601. The summed E-state index contributed by atoms with van der Waals surface area (Å²) in [7, 11) is 0. The second-order valence-electron chi connectivity index (χ2n) is 2.91. The molecule has 0 atom stereocenters. The topological polar surface area (TPSA) is 48.9 Å². The Labute approximate surface area is 70.2 Å². The largest absolute Gasteiger partial charge is 0.395 e. The molecule has 0 unspecified atom stereocenters. The molecule has 0 aliphatic heterocycles. The summed E-state index contributed by atoms with van der Waals surface area (Å²) in [5, 5.41) is 9.78. The van der Waals surface area contributed by atoms with Crippen LogP contribution in [0.3, 0.4) is 0 Å². The average molecular weight is 172 g/mol. The van der Waals surface area contributed by atoms with E-state index in [1.165, 1.54) is 11.8 Å². The van der Waals surface area contributed by atoms with E-state index < -0.39 is 0 Å². The van der Waals surface area contributed by atoms with Gasteiger partial charge in [-0.05, 0) is 13.8 Å². The lowest BCUT2D eigenvalue weighted by Gasteiger charge is -2.18. The van der Waals surface area contributed by atoms with E-state index >= 15 is 0 Å². The quantitative estimate of drug-likeness (QED) is 0.675. The highest BCUT2D eigenvalue weighted by molar-refractivity contribution is 8.00. The lowest BCUT2D eigenvalue weighted by molar-refractivity contribution is 0.265. The van der Waals surface area contributed by atoms with Crippen LogP contribution in [0.5, 0.6) is 0 Å². The molecule has 0 saturated carbocycles. The molecule has 0 spiro atoms. The summed E-state index contributed by atoms with van der Waals surface area (Å²) >= 11 is 1.54. The minimum absolute atomic E-state index is 0.151. The van der Waals surface area contributed by atoms with Crippen LogP contribution in [0.1, 0.15) is 13.8 Å². The number of nitrogens with one attached hydrogen (secondary N) is 1. The predicted octanol–water partition coefficient (Wildman–Crippen LogP) is 1.27. The van der Waals surface area contributed by atoms with E-state index in [1.54, 1.807) is 12.4 Å². The molecule has 2 N–H and O–H groups in total. The molecule has 0 saturated heterocycles. The molecule has 1 aromatic rings. The first-order valence-electron chi connectivity index (χ1n) is 3.43. The Morgan fingerprint density at radius 1 is 1.73 bits per heavy atom. The van der Waals surface area contributed by atoms with Crippen LogP contribution in [0.4, 0.5) is 0 Å². The minimum atomic E-state index is -0.155. The van der Waals surface area contributed by atoms with E-state index in [2.05, 4.69) is 9.97 Å². The fourth-order valence-corrected chi connectivity index (χ4v) is 1.43. The monoisotopic (exact) mass is 172 g/mol. The van der Waals surface area contributed by atoms with Gasteiger partial charge in [-0.3, -0.25) is 0 Å². The van der Waals surface area contributed by atoms with Crippen molar-refractivity contribution in [1.29, 1.82) is 0 Å². The smallest absolute Gasteiger partial charge is 0.165 e. The summed E-state index contributed by atoms with van der Waals surface area (Å²) in [4.78, 5) is 7.01. The maximum absolute atomic E-state index is 8.93. The Kier molecular flexibility index (Phi) is 2.57. The van der Waals surface area contributed by atoms with Crippen LogP contribution in [-0.4, -0.2) is 26.4 Å². The van der Waals surface area contributed by atoms with E-state index in [-0.39, 0.29) is 11.4 Å². The summed E-state index contributed by atoms with van der Waals surface area (Å²) in [6.07, 6.45) is 3.48. The van der Waals surface area contributed by atoms with Gasteiger partial charge in [0.2, 0.25) is 0 Å². The van der Waals surface area contributed by atoms with Gasteiger partial charge in [0.15, 0.2) is 5.16 Å². The second-order valence-corrected chi connectivity index (χ2v) is 4.61. The minimum Gasteiger partial charge on any atom is -0.395 e. The highest BCUT2D eigenvalue weighted by Gasteiger charge is 2.18. The molecule has 11 heavy (non-hydrogen) atoms. The SMILES string of the molecule is CC(C)(CO)Sc1ncc[nH]1. The van der Waals surface area contributed by atoms with Crippen molar-refractivity contribution in [2.24, 2.45) is 0 Å². The van der Waals surface area contributed by atoms with Gasteiger partial charge in [0, 0.05) is 17.1 Å². The van der Waals surface area contributed by atoms with Crippen LogP contribution in [-0.2, 0) is 0 Å². The van der Waals surface area contributed by atoms with Crippen molar-refractivity contribution >= 4 is 11.8 Å². The number of hydrogen-bond acceptors (Lipinski definition) is 3. The molecular formula is C7H12N2OS. The van der Waals surface area contributed by atoms with Crippen molar-refractivity contribution in [3.63, 3.8) is 0 Å². The molecule has 0 aliphatic rings. The molecule has 1 heterocycles. The summed E-state index contributed by atoms with van der Waals surface area (Å²) < 4.78 is -0.155. The van der Waals surface area contributed by atoms with Gasteiger partial charge in [0.05, 0.1) is 6.61 Å². The van der Waals surface area contributed by atoms with Gasteiger partial charge in [-0.25, -0.2) is 4.98 Å². The zero-order chi connectivity index (χ0) is 8.32. The van der Waals surface area contributed by atoms with Crippen LogP contribution in [0.2, 0.25) is 0 Å². The molecule has 3 nitrogen and oxygen atoms in total. The first-order valence-corrected chi connectivity index (χ1v) is 4.25. The third-order valence-corrected chi connectivity index (χ3v) is 2.33. The average Bonchev–Trinajstić information content (AvgIpc) is 2.39. The number of aromatic nitrogens is 2. The zero-order valence-corrected chi connectivity index (χ0v) is 7.48. The first-order chi connectivity index (χ1) is 5.14. The summed E-state index contributed by atoms with van der Waals surface area (Å²) in [5.74, 6) is 0. The molecule has 0 fully saturated rings. The van der Waals surface area contributed by atoms with Crippen LogP contribution < -0.4 is 0 Å². The molecule has 0 aromatic carbocycles. The summed E-state index contributed by atoms with van der Waals surface area (Å²) in [6, 6.07) is 0. The maximum atomic E-state index is 8.93. The van der Waals surface area contributed by atoms with Gasteiger partial charge >= 0.3 is 0 Å². The van der Waals surface area contributed by atoms with Gasteiger partial charge < -0.3 is 10.1 Å². The molecule has 0 radical (unpaired) electrons. The lowest BCUT2D eigenvalue weighted by atomic mass is 10.2. The number of imidazole rings is 1. The number of aliphatic hydroxyl groups is 1. The summed E-state index contributed by atoms with van der Waals surface area (Å²) in [6.45, 7) is 4.10.